The fourth-order valence-corrected chi connectivity index (χ4v) is 1.51. The summed E-state index contributed by atoms with van der Waals surface area (Å²) in [6, 6.07) is 7.71. The molecule has 5 heteroatoms. The van der Waals surface area contributed by atoms with Gasteiger partial charge in [-0.1, -0.05) is 30.4 Å². The molecule has 0 amide bonds. The molecule has 1 aromatic rings. The molecule has 92 valence electrons. The van der Waals surface area contributed by atoms with Gasteiger partial charge in [0.15, 0.2) is 0 Å². The normalized spacial score (nSPS) is 11.1. The van der Waals surface area contributed by atoms with E-state index < -0.39 is 5.82 Å². The highest BCUT2D eigenvalue weighted by atomic mass is 32.1. The van der Waals surface area contributed by atoms with Crippen molar-refractivity contribution >= 4 is 22.9 Å². The number of nitrogens with zero attached hydrogens (tertiary/aromatic N) is 1. The molecule has 0 fully saturated rings. The van der Waals surface area contributed by atoms with Gasteiger partial charge in [0.2, 0.25) is 0 Å². The lowest BCUT2D eigenvalue weighted by Crippen LogP contribution is -2.14. The third-order valence-electron chi connectivity index (χ3n) is 2.09. The molecule has 0 aliphatic heterocycles. The van der Waals surface area contributed by atoms with E-state index in [1.54, 1.807) is 18.2 Å². The highest BCUT2D eigenvalue weighted by Gasteiger charge is 2.12. The van der Waals surface area contributed by atoms with E-state index in [1.165, 1.54) is 18.2 Å². The quantitative estimate of drug-likeness (QED) is 0.287. The number of para-hydroxylation sites is 1. The van der Waals surface area contributed by atoms with Crippen LogP contribution in [0.5, 0.6) is 0 Å². The Hall–Kier alpha value is -2.19. The second-order valence-corrected chi connectivity index (χ2v) is 3.77. The lowest BCUT2D eigenvalue weighted by molar-refractivity contribution is 0.399. The van der Waals surface area contributed by atoms with Crippen LogP contribution in [0.4, 0.5) is 10.1 Å². The van der Waals surface area contributed by atoms with Crippen molar-refractivity contribution in [3.05, 3.63) is 54.1 Å². The van der Waals surface area contributed by atoms with Gasteiger partial charge in [-0.2, -0.15) is 5.26 Å². The van der Waals surface area contributed by atoms with Crippen LogP contribution in [0.15, 0.2) is 48.3 Å². The molecule has 0 aromatic heterocycles. The molecule has 0 heterocycles. The Bertz CT molecular complexity index is 546. The van der Waals surface area contributed by atoms with Crippen molar-refractivity contribution in [3.8, 4) is 6.07 Å². The minimum atomic E-state index is -0.486. The van der Waals surface area contributed by atoms with Crippen LogP contribution in [-0.4, -0.2) is 10.1 Å². The summed E-state index contributed by atoms with van der Waals surface area (Å²) < 4.78 is 13.4. The number of rotatable bonds is 4. The number of hydrogen-bond acceptors (Lipinski definition) is 3. The van der Waals surface area contributed by atoms with Crippen molar-refractivity contribution in [2.24, 2.45) is 0 Å². The first kappa shape index (κ1) is 13.9. The van der Waals surface area contributed by atoms with Crippen LogP contribution in [-0.2, 0) is 0 Å². The van der Waals surface area contributed by atoms with E-state index >= 15 is 0 Å². The summed E-state index contributed by atoms with van der Waals surface area (Å²) in [5.41, 5.74) is 0.0646. The lowest BCUT2D eigenvalue weighted by atomic mass is 10.2. The van der Waals surface area contributed by atoms with E-state index in [0.29, 0.717) is 0 Å². The van der Waals surface area contributed by atoms with Gasteiger partial charge in [0.1, 0.15) is 28.2 Å². The standard InChI is InChI=1S/C13H11FN2OS/c1-2-5-12(17)9(8-15)13(18)16-11-7-4-3-6-10(11)14/h2-4,6-7,17H,1,5H2,(H,16,18)/b12-9-. The third-order valence-corrected chi connectivity index (χ3v) is 2.39. The van der Waals surface area contributed by atoms with Crippen molar-refractivity contribution in [3.63, 3.8) is 0 Å². The summed E-state index contributed by atoms with van der Waals surface area (Å²) in [5.74, 6) is -0.679. The predicted octanol–water partition coefficient (Wildman–Crippen LogP) is 3.48. The molecule has 0 bridgehead atoms. The van der Waals surface area contributed by atoms with Gasteiger partial charge in [0.25, 0.3) is 0 Å². The van der Waals surface area contributed by atoms with Gasteiger partial charge < -0.3 is 10.4 Å². The van der Waals surface area contributed by atoms with Gasteiger partial charge in [-0.25, -0.2) is 4.39 Å². The summed E-state index contributed by atoms with van der Waals surface area (Å²) in [6.07, 6.45) is 1.57. The lowest BCUT2D eigenvalue weighted by Gasteiger charge is -2.08. The smallest absolute Gasteiger partial charge is 0.146 e. The Kier molecular flexibility index (Phi) is 5.03. The summed E-state index contributed by atoms with van der Waals surface area (Å²) in [7, 11) is 0. The number of hydrogen-bond donors (Lipinski definition) is 2. The maximum absolute atomic E-state index is 13.4. The third kappa shape index (κ3) is 3.40. The Balaban J connectivity index is 2.95. The molecule has 3 nitrogen and oxygen atoms in total. The number of benzene rings is 1. The van der Waals surface area contributed by atoms with Gasteiger partial charge in [-0.15, -0.1) is 6.58 Å². The van der Waals surface area contributed by atoms with Gasteiger partial charge in [-0.05, 0) is 12.1 Å². The molecule has 0 saturated carbocycles. The minimum Gasteiger partial charge on any atom is -0.510 e. The van der Waals surface area contributed by atoms with Crippen molar-refractivity contribution in [2.45, 2.75) is 6.42 Å². The van der Waals surface area contributed by atoms with E-state index in [-0.39, 0.29) is 28.4 Å². The molecule has 2 N–H and O–H groups in total. The summed E-state index contributed by atoms with van der Waals surface area (Å²) >= 11 is 4.95. The van der Waals surface area contributed by atoms with E-state index in [9.17, 15) is 9.50 Å². The molecule has 0 aliphatic carbocycles. The van der Waals surface area contributed by atoms with Crippen molar-refractivity contribution in [2.75, 3.05) is 5.32 Å². The maximum Gasteiger partial charge on any atom is 0.146 e. The second kappa shape index (κ2) is 6.52. The van der Waals surface area contributed by atoms with Gasteiger partial charge in [0, 0.05) is 6.42 Å². The van der Waals surface area contributed by atoms with Gasteiger partial charge >= 0.3 is 0 Å². The fraction of sp³-hybridized carbons (Fsp3) is 0.0769. The average Bonchev–Trinajstić information content (AvgIpc) is 2.33. The number of thiocarbonyl (C=S) groups is 1. The number of nitriles is 1. The monoisotopic (exact) mass is 262 g/mol. The molecule has 0 unspecified atom stereocenters. The van der Waals surface area contributed by atoms with Crippen molar-refractivity contribution in [1.82, 2.24) is 0 Å². The molecule has 0 aliphatic rings. The molecule has 1 rings (SSSR count). The fourth-order valence-electron chi connectivity index (χ4n) is 1.23. The Morgan fingerprint density at radius 1 is 1.56 bits per heavy atom. The minimum absolute atomic E-state index is 0.0260. The van der Waals surface area contributed by atoms with Crippen LogP contribution in [0.1, 0.15) is 6.42 Å². The average molecular weight is 262 g/mol. The topological polar surface area (TPSA) is 56.0 Å². The summed E-state index contributed by atoms with van der Waals surface area (Å²) in [4.78, 5) is -0.0260. The summed E-state index contributed by atoms with van der Waals surface area (Å²) in [5, 5.41) is 21.1. The van der Waals surface area contributed by atoms with E-state index in [2.05, 4.69) is 11.9 Å². The predicted molar refractivity (Wildman–Crippen MR) is 72.7 cm³/mol. The van der Waals surface area contributed by atoms with E-state index in [0.717, 1.165) is 0 Å². The number of aliphatic hydroxyl groups is 1. The molecule has 0 atom stereocenters. The van der Waals surface area contributed by atoms with Crippen LogP contribution >= 0.6 is 12.2 Å². The number of anilines is 1. The van der Waals surface area contributed by atoms with Crippen molar-refractivity contribution in [1.29, 1.82) is 5.26 Å². The molecule has 1 aromatic carbocycles. The molecule has 0 radical (unpaired) electrons. The van der Waals surface area contributed by atoms with E-state index in [1.807, 2.05) is 0 Å². The maximum atomic E-state index is 13.4. The van der Waals surface area contributed by atoms with Crippen LogP contribution in [0, 0.1) is 17.1 Å². The molecular weight excluding hydrogens is 251 g/mol. The zero-order valence-corrected chi connectivity index (χ0v) is 10.3. The van der Waals surface area contributed by atoms with Crippen LogP contribution in [0.3, 0.4) is 0 Å². The van der Waals surface area contributed by atoms with E-state index in [4.69, 9.17) is 17.5 Å². The second-order valence-electron chi connectivity index (χ2n) is 3.36. The zero-order chi connectivity index (χ0) is 13.5. The Morgan fingerprint density at radius 2 is 2.22 bits per heavy atom. The molecule has 18 heavy (non-hydrogen) atoms. The molecule has 0 saturated heterocycles. The highest BCUT2D eigenvalue weighted by molar-refractivity contribution is 7.81. The van der Waals surface area contributed by atoms with Crippen LogP contribution < -0.4 is 5.32 Å². The SMILES string of the molecule is C=CC/C(O)=C(\C#N)C(=S)Nc1ccccc1F. The first-order valence-electron chi connectivity index (χ1n) is 5.09. The summed E-state index contributed by atoms with van der Waals surface area (Å²) in [6.45, 7) is 3.45. The first-order chi connectivity index (χ1) is 8.60. The van der Waals surface area contributed by atoms with Crippen LogP contribution in [0.2, 0.25) is 0 Å². The number of halogens is 1. The first-order valence-corrected chi connectivity index (χ1v) is 5.50. The van der Waals surface area contributed by atoms with Crippen molar-refractivity contribution < 1.29 is 9.50 Å². The Labute approximate surface area is 110 Å². The Morgan fingerprint density at radius 3 is 2.78 bits per heavy atom. The number of allylic oxidation sites excluding steroid dienone is 1. The molecular formula is C13H11FN2OS. The largest absolute Gasteiger partial charge is 0.510 e. The van der Waals surface area contributed by atoms with Gasteiger partial charge in [0.05, 0.1) is 5.69 Å². The number of aliphatic hydroxyl groups excluding tert-OH is 1. The van der Waals surface area contributed by atoms with Crippen LogP contribution in [0.25, 0.3) is 0 Å². The van der Waals surface area contributed by atoms with Gasteiger partial charge in [-0.3, -0.25) is 0 Å². The number of nitrogens with one attached hydrogen (secondary N) is 1. The highest BCUT2D eigenvalue weighted by Crippen LogP contribution is 2.15. The zero-order valence-electron chi connectivity index (χ0n) is 9.48. The molecule has 0 spiro atoms.